The Bertz CT molecular complexity index is 1170. The van der Waals surface area contributed by atoms with Crippen LogP contribution in [-0.2, 0) is 11.3 Å². The van der Waals surface area contributed by atoms with Gasteiger partial charge in [-0.3, -0.25) is 9.59 Å². The number of likely N-dealkylation sites (N-methyl/N-ethyl adjacent to an activating group) is 1. The molecule has 1 N–H and O–H groups in total. The number of hydrogen-bond donors (Lipinski definition) is 1. The lowest BCUT2D eigenvalue weighted by atomic mass is 10.1. The second-order valence-electron chi connectivity index (χ2n) is 7.74. The monoisotopic (exact) mass is 428 g/mol. The summed E-state index contributed by atoms with van der Waals surface area (Å²) in [6, 6.07) is 21.7. The second-order valence-corrected chi connectivity index (χ2v) is 8.82. The van der Waals surface area contributed by atoms with E-state index in [1.165, 1.54) is 22.9 Å². The Balaban J connectivity index is 1.52. The normalized spacial score (nSPS) is 14.5. The summed E-state index contributed by atoms with van der Waals surface area (Å²) in [4.78, 5) is 28.8. The summed E-state index contributed by atoms with van der Waals surface area (Å²) < 4.78 is 0. The van der Waals surface area contributed by atoms with Gasteiger partial charge in [0.2, 0.25) is 0 Å². The number of thioether (sulfide) groups is 1. The third kappa shape index (κ3) is 4.72. The van der Waals surface area contributed by atoms with E-state index in [1.54, 1.807) is 18.0 Å². The summed E-state index contributed by atoms with van der Waals surface area (Å²) in [6.45, 7) is 4.53. The van der Waals surface area contributed by atoms with Crippen LogP contribution in [0.2, 0.25) is 0 Å². The Morgan fingerprint density at radius 1 is 0.968 bits per heavy atom. The van der Waals surface area contributed by atoms with E-state index in [0.29, 0.717) is 17.0 Å². The van der Waals surface area contributed by atoms with Gasteiger partial charge in [-0.25, -0.2) is 0 Å². The Labute approximate surface area is 187 Å². The molecule has 0 unspecified atom stereocenters. The molecule has 0 fully saturated rings. The highest BCUT2D eigenvalue weighted by Crippen LogP contribution is 2.42. The first kappa shape index (κ1) is 20.9. The molecule has 0 bridgehead atoms. The van der Waals surface area contributed by atoms with Gasteiger partial charge in [0.05, 0.1) is 10.6 Å². The Hall–Kier alpha value is -3.31. The van der Waals surface area contributed by atoms with Gasteiger partial charge in [-0.05, 0) is 49.2 Å². The molecule has 4 nitrogen and oxygen atoms in total. The van der Waals surface area contributed by atoms with Crippen molar-refractivity contribution >= 4 is 35.3 Å². The third-order valence-electron chi connectivity index (χ3n) is 5.27. The van der Waals surface area contributed by atoms with Crippen molar-refractivity contribution in [2.24, 2.45) is 0 Å². The van der Waals surface area contributed by atoms with Crippen LogP contribution in [0.3, 0.4) is 0 Å². The fourth-order valence-corrected chi connectivity index (χ4v) is 4.43. The number of hydrogen-bond acceptors (Lipinski definition) is 3. The van der Waals surface area contributed by atoms with Crippen molar-refractivity contribution in [2.75, 3.05) is 11.9 Å². The van der Waals surface area contributed by atoms with Gasteiger partial charge in [0, 0.05) is 24.1 Å². The van der Waals surface area contributed by atoms with E-state index in [1.807, 2.05) is 80.6 Å². The average molecular weight is 429 g/mol. The van der Waals surface area contributed by atoms with Crippen LogP contribution in [0.5, 0.6) is 0 Å². The van der Waals surface area contributed by atoms with Gasteiger partial charge in [0.15, 0.2) is 0 Å². The molecular weight excluding hydrogens is 404 g/mol. The van der Waals surface area contributed by atoms with Gasteiger partial charge in [0.25, 0.3) is 11.8 Å². The molecule has 156 valence electrons. The van der Waals surface area contributed by atoms with E-state index in [0.717, 1.165) is 21.7 Å². The topological polar surface area (TPSA) is 49.4 Å². The summed E-state index contributed by atoms with van der Waals surface area (Å²) in [7, 11) is 1.75. The molecule has 3 aromatic rings. The Kier molecular flexibility index (Phi) is 5.96. The molecule has 3 aromatic carbocycles. The number of fused-ring (bicyclic) bond motifs is 1. The summed E-state index contributed by atoms with van der Waals surface area (Å²) in [5.74, 6) is -0.231. The number of rotatable bonds is 4. The number of carbonyl (C=O) groups excluding carboxylic acids is 2. The zero-order valence-corrected chi connectivity index (χ0v) is 18.6. The molecule has 1 heterocycles. The molecule has 0 radical (unpaired) electrons. The molecule has 0 aliphatic carbocycles. The second kappa shape index (κ2) is 8.82. The first-order chi connectivity index (χ1) is 14.9. The largest absolute Gasteiger partial charge is 0.348 e. The van der Waals surface area contributed by atoms with Crippen molar-refractivity contribution < 1.29 is 9.59 Å². The van der Waals surface area contributed by atoms with Crippen LogP contribution in [0, 0.1) is 13.8 Å². The zero-order chi connectivity index (χ0) is 22.0. The van der Waals surface area contributed by atoms with Gasteiger partial charge in [-0.2, -0.15) is 0 Å². The van der Waals surface area contributed by atoms with E-state index in [4.69, 9.17) is 0 Å². The standard InChI is InChI=1S/C26H24N2O2S/c1-17-4-8-19(9-5-17)14-24-26(30)28(3)22-15-21(12-13-23(22)31-24)25(29)27-16-20-10-6-18(2)7-11-20/h4-15H,16H2,1-3H3,(H,27,29). The number of carbonyl (C=O) groups is 2. The molecular formula is C26H24N2O2S. The van der Waals surface area contributed by atoms with Crippen LogP contribution in [0.15, 0.2) is 76.5 Å². The van der Waals surface area contributed by atoms with E-state index in [2.05, 4.69) is 5.32 Å². The lowest BCUT2D eigenvalue weighted by Gasteiger charge is -2.27. The average Bonchev–Trinajstić information content (AvgIpc) is 2.78. The first-order valence-electron chi connectivity index (χ1n) is 10.1. The maximum Gasteiger partial charge on any atom is 0.264 e. The molecule has 0 spiro atoms. The van der Waals surface area contributed by atoms with Crippen molar-refractivity contribution in [3.8, 4) is 0 Å². The van der Waals surface area contributed by atoms with E-state index in [-0.39, 0.29) is 11.8 Å². The molecule has 4 rings (SSSR count). The predicted octanol–water partition coefficient (Wildman–Crippen LogP) is 5.34. The smallest absolute Gasteiger partial charge is 0.264 e. The summed E-state index contributed by atoms with van der Waals surface area (Å²) in [6.07, 6.45) is 1.91. The van der Waals surface area contributed by atoms with Crippen molar-refractivity contribution in [1.82, 2.24) is 5.32 Å². The SMILES string of the molecule is Cc1ccc(C=C2Sc3ccc(C(=O)NCc4ccc(C)cc4)cc3N(C)C2=O)cc1. The minimum Gasteiger partial charge on any atom is -0.348 e. The van der Waals surface area contributed by atoms with Crippen LogP contribution < -0.4 is 10.2 Å². The lowest BCUT2D eigenvalue weighted by molar-refractivity contribution is -0.114. The summed E-state index contributed by atoms with van der Waals surface area (Å²) in [5.41, 5.74) is 5.69. The zero-order valence-electron chi connectivity index (χ0n) is 17.8. The molecule has 0 saturated carbocycles. The number of benzene rings is 3. The quantitative estimate of drug-likeness (QED) is 0.571. The predicted molar refractivity (Wildman–Crippen MR) is 127 cm³/mol. The minimum atomic E-state index is -0.157. The molecule has 2 amide bonds. The number of nitrogens with zero attached hydrogens (tertiary/aromatic N) is 1. The minimum absolute atomic E-state index is 0.0738. The molecule has 0 aromatic heterocycles. The lowest BCUT2D eigenvalue weighted by Crippen LogP contribution is -2.31. The van der Waals surface area contributed by atoms with Crippen LogP contribution >= 0.6 is 11.8 Å². The van der Waals surface area contributed by atoms with E-state index in [9.17, 15) is 9.59 Å². The van der Waals surface area contributed by atoms with Gasteiger partial charge in [0.1, 0.15) is 0 Å². The van der Waals surface area contributed by atoms with E-state index >= 15 is 0 Å². The molecule has 1 aliphatic rings. The first-order valence-corrected chi connectivity index (χ1v) is 10.9. The van der Waals surface area contributed by atoms with Crippen molar-refractivity contribution in [1.29, 1.82) is 0 Å². The number of aryl methyl sites for hydroxylation is 2. The molecule has 5 heteroatoms. The van der Waals surface area contributed by atoms with Gasteiger partial charge >= 0.3 is 0 Å². The number of amides is 2. The Morgan fingerprint density at radius 2 is 1.61 bits per heavy atom. The Morgan fingerprint density at radius 3 is 2.29 bits per heavy atom. The maximum absolute atomic E-state index is 12.9. The van der Waals surface area contributed by atoms with Crippen LogP contribution in [-0.4, -0.2) is 18.9 Å². The molecule has 0 saturated heterocycles. The number of nitrogens with one attached hydrogen (secondary N) is 1. The highest BCUT2D eigenvalue weighted by atomic mass is 32.2. The van der Waals surface area contributed by atoms with Crippen molar-refractivity contribution in [3.05, 3.63) is 99.5 Å². The van der Waals surface area contributed by atoms with Crippen LogP contribution in [0.25, 0.3) is 6.08 Å². The van der Waals surface area contributed by atoms with E-state index < -0.39 is 0 Å². The fourth-order valence-electron chi connectivity index (χ4n) is 3.34. The highest BCUT2D eigenvalue weighted by molar-refractivity contribution is 8.04. The molecule has 0 atom stereocenters. The highest BCUT2D eigenvalue weighted by Gasteiger charge is 2.27. The fraction of sp³-hybridized carbons (Fsp3) is 0.154. The molecule has 1 aliphatic heterocycles. The van der Waals surface area contributed by atoms with Gasteiger partial charge in [-0.1, -0.05) is 71.4 Å². The summed E-state index contributed by atoms with van der Waals surface area (Å²) >= 11 is 1.44. The van der Waals surface area contributed by atoms with Crippen LogP contribution in [0.4, 0.5) is 5.69 Å². The summed E-state index contributed by atoms with van der Waals surface area (Å²) in [5, 5.41) is 2.95. The number of anilines is 1. The van der Waals surface area contributed by atoms with Gasteiger partial charge in [-0.15, -0.1) is 0 Å². The van der Waals surface area contributed by atoms with Gasteiger partial charge < -0.3 is 10.2 Å². The maximum atomic E-state index is 12.9. The molecule has 31 heavy (non-hydrogen) atoms. The van der Waals surface area contributed by atoms with Crippen molar-refractivity contribution in [2.45, 2.75) is 25.3 Å². The van der Waals surface area contributed by atoms with Crippen LogP contribution in [0.1, 0.15) is 32.6 Å². The van der Waals surface area contributed by atoms with Crippen molar-refractivity contribution in [3.63, 3.8) is 0 Å². The third-order valence-corrected chi connectivity index (χ3v) is 6.34.